The number of nitrogens with zero attached hydrogens (tertiary/aromatic N) is 1. The zero-order chi connectivity index (χ0) is 26.5. The first-order valence-electron chi connectivity index (χ1n) is 12.4. The first-order valence-corrected chi connectivity index (χ1v) is 12.4. The van der Waals surface area contributed by atoms with Crippen LogP contribution in [0.15, 0.2) is 23.0 Å². The monoisotopic (exact) mass is 487 g/mol. The van der Waals surface area contributed by atoms with Crippen LogP contribution in [0.25, 0.3) is 10.8 Å². The van der Waals surface area contributed by atoms with Crippen LogP contribution in [0.1, 0.15) is 80.0 Å². The molecule has 35 heavy (non-hydrogen) atoms. The summed E-state index contributed by atoms with van der Waals surface area (Å²) < 4.78 is 7.99. The molecule has 2 aromatic rings. The minimum Gasteiger partial charge on any atom is -0.491 e. The maximum atomic E-state index is 13.8. The van der Waals surface area contributed by atoms with E-state index in [2.05, 4.69) is 17.6 Å². The topological polar surface area (TPSA) is 110 Å². The van der Waals surface area contributed by atoms with Crippen molar-refractivity contribution in [1.29, 1.82) is 0 Å². The number of hydrogen-bond donors (Lipinski definition) is 3. The average molecular weight is 488 g/mol. The predicted molar refractivity (Wildman–Crippen MR) is 140 cm³/mol. The van der Waals surface area contributed by atoms with E-state index in [0.717, 1.165) is 12.8 Å². The fraction of sp³-hybridized carbons (Fsp3) is 0.593. The van der Waals surface area contributed by atoms with Crippen LogP contribution in [-0.2, 0) is 11.3 Å². The van der Waals surface area contributed by atoms with Crippen molar-refractivity contribution in [2.24, 2.45) is 17.3 Å². The molecule has 0 aliphatic carbocycles. The minimum atomic E-state index is -1.17. The van der Waals surface area contributed by atoms with E-state index in [1.165, 1.54) is 0 Å². The Balaban J connectivity index is 2.96. The van der Waals surface area contributed by atoms with E-state index < -0.39 is 17.6 Å². The molecule has 1 aromatic carbocycles. The summed E-state index contributed by atoms with van der Waals surface area (Å²) in [6, 6.07) is 4.47. The van der Waals surface area contributed by atoms with Gasteiger partial charge in [0.15, 0.2) is 0 Å². The number of pyridine rings is 1. The number of benzene rings is 1. The molecular formula is C27H41N3O5. The zero-order valence-corrected chi connectivity index (χ0v) is 22.3. The lowest BCUT2D eigenvalue weighted by Gasteiger charge is -2.34. The van der Waals surface area contributed by atoms with Gasteiger partial charge in [0.2, 0.25) is 5.91 Å². The van der Waals surface area contributed by atoms with Crippen LogP contribution >= 0.6 is 0 Å². The second-order valence-electron chi connectivity index (χ2n) is 10.9. The van der Waals surface area contributed by atoms with Crippen LogP contribution in [-0.4, -0.2) is 28.3 Å². The summed E-state index contributed by atoms with van der Waals surface area (Å²) in [7, 11) is 0. The lowest BCUT2D eigenvalue weighted by molar-refractivity contribution is -0.118. The Morgan fingerprint density at radius 3 is 2.29 bits per heavy atom. The quantitative estimate of drug-likeness (QED) is 0.368. The number of hydrogen-bond acceptors (Lipinski definition) is 4. The Hall–Kier alpha value is -3.03. The Morgan fingerprint density at radius 2 is 1.77 bits per heavy atom. The third kappa shape index (κ3) is 6.99. The van der Waals surface area contributed by atoms with E-state index in [0.29, 0.717) is 41.1 Å². The molecule has 0 fully saturated rings. The number of aromatic nitrogens is 1. The highest BCUT2D eigenvalue weighted by Gasteiger charge is 2.35. The van der Waals surface area contributed by atoms with Crippen molar-refractivity contribution in [1.82, 2.24) is 9.88 Å². The third-order valence-electron chi connectivity index (χ3n) is 5.75. The van der Waals surface area contributed by atoms with Crippen LogP contribution < -0.4 is 20.9 Å². The molecule has 0 radical (unpaired) electrons. The molecule has 0 aliphatic heterocycles. The number of unbranched alkanes of at least 4 members (excludes halogenated alkanes) is 1. The first-order chi connectivity index (χ1) is 16.3. The van der Waals surface area contributed by atoms with Gasteiger partial charge in [-0.15, -0.1) is 0 Å². The van der Waals surface area contributed by atoms with Gasteiger partial charge in [0.05, 0.1) is 23.7 Å². The maximum Gasteiger partial charge on any atom is 0.405 e. The first kappa shape index (κ1) is 28.2. The predicted octanol–water partition coefficient (Wildman–Crippen LogP) is 5.79. The van der Waals surface area contributed by atoms with E-state index in [1.807, 2.05) is 48.5 Å². The lowest BCUT2D eigenvalue weighted by Crippen LogP contribution is -2.40. The van der Waals surface area contributed by atoms with Crippen LogP contribution in [0.5, 0.6) is 5.75 Å². The molecule has 0 saturated heterocycles. The summed E-state index contributed by atoms with van der Waals surface area (Å²) in [5.41, 5.74) is 0.301. The normalized spacial score (nSPS) is 12.7. The molecule has 2 amide bonds. The van der Waals surface area contributed by atoms with E-state index in [1.54, 1.807) is 22.8 Å². The number of ether oxygens (including phenoxy) is 1. The van der Waals surface area contributed by atoms with Gasteiger partial charge in [-0.2, -0.15) is 0 Å². The smallest absolute Gasteiger partial charge is 0.405 e. The van der Waals surface area contributed by atoms with Gasteiger partial charge in [0.25, 0.3) is 5.56 Å². The van der Waals surface area contributed by atoms with Crippen molar-refractivity contribution in [2.45, 2.75) is 80.8 Å². The maximum absolute atomic E-state index is 13.8. The Labute approximate surface area is 208 Å². The molecule has 1 atom stereocenters. The van der Waals surface area contributed by atoms with E-state index in [4.69, 9.17) is 4.74 Å². The highest BCUT2D eigenvalue weighted by molar-refractivity contribution is 5.97. The molecule has 8 nitrogen and oxygen atoms in total. The van der Waals surface area contributed by atoms with Crippen molar-refractivity contribution in [3.8, 4) is 5.75 Å². The van der Waals surface area contributed by atoms with Gasteiger partial charge < -0.3 is 25.0 Å². The van der Waals surface area contributed by atoms with E-state index in [-0.39, 0.29) is 23.3 Å². The zero-order valence-electron chi connectivity index (χ0n) is 22.3. The molecule has 1 heterocycles. The number of carboxylic acid groups (broad SMARTS) is 1. The SMILES string of the molecule is CCCCOc1c(C(NC(=O)O)C(C)(C)C)n(CC(C)C)c(=O)c2ccc(NC(=O)C(C)C)cc12. The van der Waals surface area contributed by atoms with Crippen LogP contribution in [0.4, 0.5) is 10.5 Å². The largest absolute Gasteiger partial charge is 0.491 e. The number of carbonyl (C=O) groups is 2. The van der Waals surface area contributed by atoms with Gasteiger partial charge in [-0.05, 0) is 36.0 Å². The summed E-state index contributed by atoms with van der Waals surface area (Å²) in [5.74, 6) is 0.280. The molecule has 2 rings (SSSR count). The van der Waals surface area contributed by atoms with Crippen molar-refractivity contribution in [3.05, 3.63) is 34.2 Å². The molecule has 0 spiro atoms. The summed E-state index contributed by atoms with van der Waals surface area (Å²) in [5, 5.41) is 16.2. The summed E-state index contributed by atoms with van der Waals surface area (Å²) >= 11 is 0. The third-order valence-corrected chi connectivity index (χ3v) is 5.75. The summed E-state index contributed by atoms with van der Waals surface area (Å²) in [6.07, 6.45) is 0.552. The van der Waals surface area contributed by atoms with Gasteiger partial charge in [0, 0.05) is 23.5 Å². The van der Waals surface area contributed by atoms with Gasteiger partial charge >= 0.3 is 6.09 Å². The van der Waals surface area contributed by atoms with Crippen LogP contribution in [0, 0.1) is 17.3 Å². The molecule has 194 valence electrons. The second kappa shape index (κ2) is 11.6. The van der Waals surface area contributed by atoms with Crippen LogP contribution in [0.2, 0.25) is 0 Å². The Kier molecular flexibility index (Phi) is 9.35. The molecule has 1 unspecified atom stereocenters. The van der Waals surface area contributed by atoms with Crippen molar-refractivity contribution >= 4 is 28.5 Å². The van der Waals surface area contributed by atoms with E-state index >= 15 is 0 Å². The van der Waals surface area contributed by atoms with Crippen LogP contribution in [0.3, 0.4) is 0 Å². The lowest BCUT2D eigenvalue weighted by atomic mass is 9.83. The molecule has 0 bridgehead atoms. The molecule has 0 aliphatic rings. The highest BCUT2D eigenvalue weighted by Crippen LogP contribution is 2.41. The summed E-state index contributed by atoms with van der Waals surface area (Å²) in [6.45, 7) is 16.3. The average Bonchev–Trinajstić information content (AvgIpc) is 2.74. The van der Waals surface area contributed by atoms with Gasteiger partial charge in [-0.25, -0.2) is 4.79 Å². The number of amides is 2. The number of nitrogens with one attached hydrogen (secondary N) is 2. The highest BCUT2D eigenvalue weighted by atomic mass is 16.5. The second-order valence-corrected chi connectivity index (χ2v) is 10.9. The number of fused-ring (bicyclic) bond motifs is 1. The number of anilines is 1. The fourth-order valence-electron chi connectivity index (χ4n) is 3.92. The molecule has 3 N–H and O–H groups in total. The fourth-order valence-corrected chi connectivity index (χ4v) is 3.92. The minimum absolute atomic E-state index is 0.133. The Bertz CT molecular complexity index is 1110. The Morgan fingerprint density at radius 1 is 1.11 bits per heavy atom. The van der Waals surface area contributed by atoms with Crippen molar-refractivity contribution < 1.29 is 19.4 Å². The molecule has 8 heteroatoms. The molecular weight excluding hydrogens is 446 g/mol. The van der Waals surface area contributed by atoms with Gasteiger partial charge in [-0.1, -0.05) is 61.8 Å². The van der Waals surface area contributed by atoms with Gasteiger partial charge in [-0.3, -0.25) is 9.59 Å². The number of rotatable bonds is 10. The molecule has 0 saturated carbocycles. The van der Waals surface area contributed by atoms with Crippen molar-refractivity contribution in [2.75, 3.05) is 11.9 Å². The molecule has 1 aromatic heterocycles. The van der Waals surface area contributed by atoms with Crippen molar-refractivity contribution in [3.63, 3.8) is 0 Å². The summed E-state index contributed by atoms with van der Waals surface area (Å²) in [4.78, 5) is 37.9. The number of carbonyl (C=O) groups excluding carboxylic acids is 1. The van der Waals surface area contributed by atoms with Gasteiger partial charge in [0.1, 0.15) is 5.75 Å². The standard InChI is InChI=1S/C27H41N3O5/c1-9-10-13-35-22-20-14-18(28-24(31)17(4)5)11-12-19(20)25(32)30(15-16(2)3)21(22)23(27(6,7)8)29-26(33)34/h11-12,14,16-17,23,29H,9-10,13,15H2,1-8H3,(H,28,31)(H,33,34). The van der Waals surface area contributed by atoms with E-state index in [9.17, 15) is 19.5 Å².